The maximum Gasteiger partial charge on any atom is 0.227 e. The summed E-state index contributed by atoms with van der Waals surface area (Å²) in [5.41, 5.74) is 0.918. The fraction of sp³-hybridized carbons (Fsp3) is 0.588. The SMILES string of the molecule is CCC(CC)N1CCN(C(=O)Cc2ccc(Cl)c(Cl)c2)CC1.Cl. The molecule has 0 unspecified atom stereocenters. The largest absolute Gasteiger partial charge is 0.340 e. The highest BCUT2D eigenvalue weighted by molar-refractivity contribution is 6.42. The molecular formula is C17H25Cl3N2O. The summed E-state index contributed by atoms with van der Waals surface area (Å²) in [6, 6.07) is 6.04. The predicted octanol–water partition coefficient (Wildman–Crippen LogP) is 4.29. The number of amides is 1. The highest BCUT2D eigenvalue weighted by Crippen LogP contribution is 2.23. The average molecular weight is 380 g/mol. The Bertz CT molecular complexity index is 513. The van der Waals surface area contributed by atoms with E-state index in [4.69, 9.17) is 23.2 Å². The molecule has 3 nitrogen and oxygen atoms in total. The first-order valence-electron chi connectivity index (χ1n) is 8.00. The molecule has 1 aliphatic rings. The van der Waals surface area contributed by atoms with Gasteiger partial charge in [0.05, 0.1) is 16.5 Å². The maximum atomic E-state index is 12.4. The normalized spacial score (nSPS) is 15.6. The van der Waals surface area contributed by atoms with Gasteiger partial charge in [0.2, 0.25) is 5.91 Å². The third-order valence-corrected chi connectivity index (χ3v) is 5.20. The van der Waals surface area contributed by atoms with Crippen molar-refractivity contribution < 1.29 is 4.79 Å². The number of halogens is 3. The molecule has 0 aliphatic carbocycles. The Balaban J connectivity index is 0.00000264. The summed E-state index contributed by atoms with van der Waals surface area (Å²) in [7, 11) is 0. The van der Waals surface area contributed by atoms with Crippen LogP contribution in [-0.4, -0.2) is 47.9 Å². The molecule has 0 spiro atoms. The van der Waals surface area contributed by atoms with Gasteiger partial charge in [-0.3, -0.25) is 9.69 Å². The Labute approximate surface area is 155 Å². The number of piperazine rings is 1. The molecule has 1 aliphatic heterocycles. The van der Waals surface area contributed by atoms with E-state index in [0.717, 1.165) is 31.7 Å². The first-order valence-corrected chi connectivity index (χ1v) is 8.76. The van der Waals surface area contributed by atoms with Crippen molar-refractivity contribution in [3.8, 4) is 0 Å². The van der Waals surface area contributed by atoms with Gasteiger partial charge in [0.1, 0.15) is 0 Å². The number of carbonyl (C=O) groups is 1. The van der Waals surface area contributed by atoms with E-state index in [1.165, 1.54) is 12.8 Å². The molecule has 23 heavy (non-hydrogen) atoms. The number of nitrogens with zero attached hydrogens (tertiary/aromatic N) is 2. The molecule has 6 heteroatoms. The van der Waals surface area contributed by atoms with Crippen molar-refractivity contribution in [2.75, 3.05) is 26.2 Å². The molecule has 1 aromatic rings. The molecule has 1 saturated heterocycles. The monoisotopic (exact) mass is 378 g/mol. The number of carbonyl (C=O) groups excluding carboxylic acids is 1. The maximum absolute atomic E-state index is 12.4. The van der Waals surface area contributed by atoms with E-state index in [2.05, 4.69) is 18.7 Å². The van der Waals surface area contributed by atoms with Crippen molar-refractivity contribution in [2.24, 2.45) is 0 Å². The zero-order chi connectivity index (χ0) is 16.1. The molecule has 0 aromatic heterocycles. The fourth-order valence-corrected chi connectivity index (χ4v) is 3.40. The molecular weight excluding hydrogens is 355 g/mol. The van der Waals surface area contributed by atoms with Crippen molar-refractivity contribution in [3.63, 3.8) is 0 Å². The van der Waals surface area contributed by atoms with Crippen LogP contribution in [0, 0.1) is 0 Å². The van der Waals surface area contributed by atoms with Crippen LogP contribution >= 0.6 is 35.6 Å². The lowest BCUT2D eigenvalue weighted by Gasteiger charge is -2.39. The molecule has 0 radical (unpaired) electrons. The molecule has 0 atom stereocenters. The smallest absolute Gasteiger partial charge is 0.227 e. The lowest BCUT2D eigenvalue weighted by molar-refractivity contribution is -0.132. The highest BCUT2D eigenvalue weighted by atomic mass is 35.5. The van der Waals surface area contributed by atoms with E-state index in [0.29, 0.717) is 22.5 Å². The van der Waals surface area contributed by atoms with E-state index >= 15 is 0 Å². The van der Waals surface area contributed by atoms with E-state index in [-0.39, 0.29) is 18.3 Å². The van der Waals surface area contributed by atoms with Crippen LogP contribution in [0.3, 0.4) is 0 Å². The topological polar surface area (TPSA) is 23.6 Å². The summed E-state index contributed by atoms with van der Waals surface area (Å²) in [5.74, 6) is 0.169. The summed E-state index contributed by atoms with van der Waals surface area (Å²) < 4.78 is 0. The van der Waals surface area contributed by atoms with Gasteiger partial charge in [0, 0.05) is 32.2 Å². The van der Waals surface area contributed by atoms with Crippen molar-refractivity contribution in [3.05, 3.63) is 33.8 Å². The number of rotatable bonds is 5. The van der Waals surface area contributed by atoms with Gasteiger partial charge >= 0.3 is 0 Å². The quantitative estimate of drug-likeness (QED) is 0.762. The van der Waals surface area contributed by atoms with Gasteiger partial charge in [-0.2, -0.15) is 0 Å². The molecule has 1 fully saturated rings. The Morgan fingerprint density at radius 2 is 1.70 bits per heavy atom. The third-order valence-electron chi connectivity index (χ3n) is 4.47. The van der Waals surface area contributed by atoms with E-state index < -0.39 is 0 Å². The van der Waals surface area contributed by atoms with Gasteiger partial charge in [-0.25, -0.2) is 0 Å². The summed E-state index contributed by atoms with van der Waals surface area (Å²) in [6.07, 6.45) is 2.74. The Morgan fingerprint density at radius 1 is 1.09 bits per heavy atom. The van der Waals surface area contributed by atoms with E-state index in [1.807, 2.05) is 11.0 Å². The number of benzene rings is 1. The lowest BCUT2D eigenvalue weighted by Crippen LogP contribution is -2.52. The fourth-order valence-electron chi connectivity index (χ4n) is 3.08. The minimum absolute atomic E-state index is 0. The van der Waals surface area contributed by atoms with Crippen LogP contribution < -0.4 is 0 Å². The second kappa shape index (κ2) is 9.73. The lowest BCUT2D eigenvalue weighted by atomic mass is 10.1. The summed E-state index contributed by atoms with van der Waals surface area (Å²) in [5, 5.41) is 1.03. The molecule has 0 N–H and O–H groups in total. The predicted molar refractivity (Wildman–Crippen MR) is 99.9 cm³/mol. The minimum atomic E-state index is 0. The van der Waals surface area contributed by atoms with E-state index in [9.17, 15) is 4.79 Å². The van der Waals surface area contributed by atoms with Crippen molar-refractivity contribution in [2.45, 2.75) is 39.2 Å². The van der Waals surface area contributed by atoms with E-state index in [1.54, 1.807) is 12.1 Å². The van der Waals surface area contributed by atoms with Crippen LogP contribution in [0.4, 0.5) is 0 Å². The Hall–Kier alpha value is -0.480. The summed E-state index contributed by atoms with van der Waals surface area (Å²) >= 11 is 11.9. The van der Waals surface area contributed by atoms with Crippen LogP contribution in [0.25, 0.3) is 0 Å². The Kier molecular flexibility index (Phi) is 8.70. The van der Waals surface area contributed by atoms with Crippen molar-refractivity contribution in [1.29, 1.82) is 0 Å². The molecule has 1 heterocycles. The van der Waals surface area contributed by atoms with Crippen molar-refractivity contribution in [1.82, 2.24) is 9.80 Å². The van der Waals surface area contributed by atoms with Gasteiger partial charge in [-0.1, -0.05) is 43.1 Å². The zero-order valence-corrected chi connectivity index (χ0v) is 16.1. The molecule has 0 bridgehead atoms. The van der Waals surface area contributed by atoms with Gasteiger partial charge in [0.15, 0.2) is 0 Å². The molecule has 0 saturated carbocycles. The first-order chi connectivity index (χ1) is 10.5. The number of hydrogen-bond acceptors (Lipinski definition) is 2. The second-order valence-corrected chi connectivity index (χ2v) is 6.63. The van der Waals surface area contributed by atoms with Crippen LogP contribution in [0.5, 0.6) is 0 Å². The number of hydrogen-bond donors (Lipinski definition) is 0. The molecule has 130 valence electrons. The third kappa shape index (κ3) is 5.53. The van der Waals surface area contributed by atoms with Gasteiger partial charge in [-0.15, -0.1) is 12.4 Å². The molecule has 1 amide bonds. The summed E-state index contributed by atoms with van der Waals surface area (Å²) in [4.78, 5) is 16.9. The van der Waals surface area contributed by atoms with Crippen LogP contribution in [0.2, 0.25) is 10.0 Å². The van der Waals surface area contributed by atoms with Crippen LogP contribution in [0.1, 0.15) is 32.3 Å². The second-order valence-electron chi connectivity index (χ2n) is 5.81. The standard InChI is InChI=1S/C17H24Cl2N2O.ClH/c1-3-14(4-2)20-7-9-21(10-8-20)17(22)12-13-5-6-15(18)16(19)11-13;/h5-6,11,14H,3-4,7-10,12H2,1-2H3;1H. The van der Waals surface area contributed by atoms with Gasteiger partial charge in [-0.05, 0) is 30.5 Å². The van der Waals surface area contributed by atoms with Gasteiger partial charge in [0.25, 0.3) is 0 Å². The van der Waals surface area contributed by atoms with Crippen LogP contribution in [-0.2, 0) is 11.2 Å². The Morgan fingerprint density at radius 3 is 2.22 bits per heavy atom. The van der Waals surface area contributed by atoms with Crippen LogP contribution in [0.15, 0.2) is 18.2 Å². The molecule has 1 aromatic carbocycles. The average Bonchev–Trinajstić information content (AvgIpc) is 2.53. The first kappa shape index (κ1) is 20.6. The van der Waals surface area contributed by atoms with Gasteiger partial charge < -0.3 is 4.90 Å². The minimum Gasteiger partial charge on any atom is -0.340 e. The molecule has 2 rings (SSSR count). The van der Waals surface area contributed by atoms with Crippen molar-refractivity contribution >= 4 is 41.5 Å². The zero-order valence-electron chi connectivity index (χ0n) is 13.7. The highest BCUT2D eigenvalue weighted by Gasteiger charge is 2.24. The summed E-state index contributed by atoms with van der Waals surface area (Å²) in [6.45, 7) is 8.04.